The molecule has 0 spiro atoms. The van der Waals surface area contributed by atoms with Crippen LogP contribution in [0.1, 0.15) is 63.0 Å². The van der Waals surface area contributed by atoms with Crippen LogP contribution < -0.4 is 0 Å². The summed E-state index contributed by atoms with van der Waals surface area (Å²) in [5.41, 5.74) is 7.31. The predicted octanol–water partition coefficient (Wildman–Crippen LogP) is 5.16. The second kappa shape index (κ2) is 8.51. The zero-order chi connectivity index (χ0) is 22.2. The number of aromatic amines is 1. The number of hydrogen-bond acceptors (Lipinski definition) is 4. The lowest BCUT2D eigenvalue weighted by Gasteiger charge is -2.31. The third-order valence-corrected chi connectivity index (χ3v) is 6.88. The molecule has 0 unspecified atom stereocenters. The van der Waals surface area contributed by atoms with Gasteiger partial charge in [0.25, 0.3) is 0 Å². The van der Waals surface area contributed by atoms with Crippen molar-refractivity contribution >= 4 is 22.2 Å². The number of benzene rings is 1. The Morgan fingerprint density at radius 1 is 1.19 bits per heavy atom. The van der Waals surface area contributed by atoms with Gasteiger partial charge in [0.05, 0.1) is 24.0 Å². The Morgan fingerprint density at radius 3 is 2.75 bits per heavy atom. The van der Waals surface area contributed by atoms with Gasteiger partial charge in [-0.3, -0.25) is 9.69 Å². The van der Waals surface area contributed by atoms with Crippen LogP contribution in [0, 0.1) is 0 Å². The molecule has 1 aromatic carbocycles. The quantitative estimate of drug-likeness (QED) is 0.460. The number of fused-ring (bicyclic) bond motifs is 2. The summed E-state index contributed by atoms with van der Waals surface area (Å²) in [5.74, 6) is 1.30. The first kappa shape index (κ1) is 20.9. The summed E-state index contributed by atoms with van der Waals surface area (Å²) in [5, 5.41) is 9.41. The van der Waals surface area contributed by atoms with Gasteiger partial charge in [-0.1, -0.05) is 32.1 Å². The van der Waals surface area contributed by atoms with Crippen molar-refractivity contribution in [3.05, 3.63) is 53.9 Å². The summed E-state index contributed by atoms with van der Waals surface area (Å²) >= 11 is 0. The first-order valence-electron chi connectivity index (χ1n) is 11.7. The zero-order valence-corrected chi connectivity index (χ0v) is 19.1. The maximum absolute atomic E-state index is 11.8. The Hall–Kier alpha value is -2.99. The van der Waals surface area contributed by atoms with Gasteiger partial charge in [-0.05, 0) is 73.2 Å². The van der Waals surface area contributed by atoms with E-state index in [2.05, 4.69) is 64.4 Å². The van der Waals surface area contributed by atoms with Crippen LogP contribution in [0.25, 0.3) is 27.7 Å². The van der Waals surface area contributed by atoms with E-state index in [1.54, 1.807) is 10.7 Å². The molecule has 1 fully saturated rings. The van der Waals surface area contributed by atoms with Crippen LogP contribution in [0.3, 0.4) is 0 Å². The molecule has 6 nitrogen and oxygen atoms in total. The van der Waals surface area contributed by atoms with E-state index >= 15 is 0 Å². The smallest absolute Gasteiger partial charge is 0.146 e. The van der Waals surface area contributed by atoms with Gasteiger partial charge in [0.15, 0.2) is 0 Å². The van der Waals surface area contributed by atoms with E-state index in [4.69, 9.17) is 0 Å². The largest absolute Gasteiger partial charge is 0.354 e. The molecule has 0 saturated carbocycles. The SMILES string of the molecule is CCC(=O)CN1CCC(c2ccc3[nH]c(-c4ccn5nncc5c4)c(C(C)C)c3c2)CC1. The van der Waals surface area contributed by atoms with Crippen LogP contribution in [0.4, 0.5) is 0 Å². The summed E-state index contributed by atoms with van der Waals surface area (Å²) in [7, 11) is 0. The average Bonchev–Trinajstić information content (AvgIpc) is 3.42. The number of H-pyrrole nitrogens is 1. The number of ketones is 1. The Morgan fingerprint density at radius 2 is 2.00 bits per heavy atom. The molecule has 5 rings (SSSR count). The minimum absolute atomic E-state index is 0.344. The van der Waals surface area contributed by atoms with Crippen molar-refractivity contribution in [3.8, 4) is 11.3 Å². The van der Waals surface area contributed by atoms with Gasteiger partial charge in [-0.2, -0.15) is 0 Å². The number of likely N-dealkylation sites (tertiary alicyclic amines) is 1. The monoisotopic (exact) mass is 429 g/mol. The highest BCUT2D eigenvalue weighted by molar-refractivity contribution is 5.92. The van der Waals surface area contributed by atoms with Crippen LogP contribution in [0.15, 0.2) is 42.7 Å². The molecule has 0 radical (unpaired) electrons. The molecule has 0 amide bonds. The highest BCUT2D eigenvalue weighted by Crippen LogP contribution is 2.38. The highest BCUT2D eigenvalue weighted by Gasteiger charge is 2.23. The summed E-state index contributed by atoms with van der Waals surface area (Å²) in [6.45, 7) is 9.10. The first-order valence-corrected chi connectivity index (χ1v) is 11.7. The second-order valence-electron chi connectivity index (χ2n) is 9.33. The zero-order valence-electron chi connectivity index (χ0n) is 19.1. The molecular formula is C26H31N5O. The van der Waals surface area contributed by atoms with Crippen LogP contribution in [0.5, 0.6) is 0 Å². The van der Waals surface area contributed by atoms with Crippen LogP contribution >= 0.6 is 0 Å². The molecule has 4 aromatic rings. The Labute approximate surface area is 188 Å². The fourth-order valence-corrected chi connectivity index (χ4v) is 5.08. The van der Waals surface area contributed by atoms with Crippen molar-refractivity contribution in [2.75, 3.05) is 19.6 Å². The number of aromatic nitrogens is 4. The molecule has 6 heteroatoms. The van der Waals surface area contributed by atoms with Crippen LogP contribution in [0.2, 0.25) is 0 Å². The number of carbonyl (C=O) groups is 1. The topological polar surface area (TPSA) is 66.3 Å². The molecule has 32 heavy (non-hydrogen) atoms. The van der Waals surface area contributed by atoms with E-state index in [0.29, 0.717) is 30.6 Å². The average molecular weight is 430 g/mol. The first-order chi connectivity index (χ1) is 15.5. The molecule has 1 aliphatic rings. The van der Waals surface area contributed by atoms with E-state index in [-0.39, 0.29) is 0 Å². The normalized spacial score (nSPS) is 15.9. The summed E-state index contributed by atoms with van der Waals surface area (Å²) in [6, 6.07) is 11.2. The number of nitrogens with one attached hydrogen (secondary N) is 1. The van der Waals surface area contributed by atoms with Crippen molar-refractivity contribution in [1.82, 2.24) is 24.7 Å². The Bertz CT molecular complexity index is 1260. The summed E-state index contributed by atoms with van der Waals surface area (Å²) in [6.07, 6.45) is 6.62. The molecule has 0 atom stereocenters. The predicted molar refractivity (Wildman–Crippen MR) is 128 cm³/mol. The van der Waals surface area contributed by atoms with Crippen molar-refractivity contribution in [3.63, 3.8) is 0 Å². The molecule has 3 aromatic heterocycles. The molecule has 1 N–H and O–H groups in total. The van der Waals surface area contributed by atoms with Crippen molar-refractivity contribution in [1.29, 1.82) is 0 Å². The molecular weight excluding hydrogens is 398 g/mol. The highest BCUT2D eigenvalue weighted by atomic mass is 16.1. The van der Waals surface area contributed by atoms with E-state index in [1.807, 2.05) is 13.1 Å². The number of carbonyl (C=O) groups excluding carboxylic acids is 1. The fraction of sp³-hybridized carbons (Fsp3) is 0.423. The van der Waals surface area contributed by atoms with Gasteiger partial charge in [0.1, 0.15) is 5.78 Å². The maximum Gasteiger partial charge on any atom is 0.146 e. The molecule has 1 saturated heterocycles. The van der Waals surface area contributed by atoms with Gasteiger partial charge in [0.2, 0.25) is 0 Å². The molecule has 0 bridgehead atoms. The number of Topliss-reactive ketones (excluding diaryl/α,β-unsaturated/α-hetero) is 1. The second-order valence-corrected chi connectivity index (χ2v) is 9.33. The van der Waals surface area contributed by atoms with Gasteiger partial charge in [-0.15, -0.1) is 5.10 Å². The summed E-state index contributed by atoms with van der Waals surface area (Å²) < 4.78 is 1.79. The molecule has 166 valence electrons. The standard InChI is InChI=1S/C26H31N5O/c1-4-22(32)16-30-10-7-18(8-11-30)19-5-6-24-23(14-19)25(17(2)3)26(28-24)20-9-12-31-21(13-20)15-27-29-31/h5-6,9,12-15,17-18,28H,4,7-8,10-11,16H2,1-3H3. The van der Waals surface area contributed by atoms with Gasteiger partial charge >= 0.3 is 0 Å². The Kier molecular flexibility index (Phi) is 5.55. The number of rotatable bonds is 6. The number of hydrogen-bond donors (Lipinski definition) is 1. The van der Waals surface area contributed by atoms with Crippen molar-refractivity contribution in [2.24, 2.45) is 0 Å². The summed E-state index contributed by atoms with van der Waals surface area (Å²) in [4.78, 5) is 17.8. The fourth-order valence-electron chi connectivity index (χ4n) is 5.08. The minimum atomic E-state index is 0.344. The third-order valence-electron chi connectivity index (χ3n) is 6.88. The van der Waals surface area contributed by atoms with Crippen LogP contribution in [-0.4, -0.2) is 50.1 Å². The number of nitrogens with zero attached hydrogens (tertiary/aromatic N) is 4. The van der Waals surface area contributed by atoms with E-state index < -0.39 is 0 Å². The Balaban J connectivity index is 1.46. The number of piperidine rings is 1. The van der Waals surface area contributed by atoms with Crippen molar-refractivity contribution < 1.29 is 4.79 Å². The molecule has 1 aliphatic heterocycles. The van der Waals surface area contributed by atoms with E-state index in [0.717, 1.165) is 37.0 Å². The van der Waals surface area contributed by atoms with Gasteiger partial charge in [0, 0.05) is 29.1 Å². The minimum Gasteiger partial charge on any atom is -0.354 e. The molecule has 0 aliphatic carbocycles. The van der Waals surface area contributed by atoms with E-state index in [1.165, 1.54) is 27.7 Å². The number of pyridine rings is 1. The van der Waals surface area contributed by atoms with E-state index in [9.17, 15) is 4.79 Å². The third kappa shape index (κ3) is 3.84. The van der Waals surface area contributed by atoms with Gasteiger partial charge in [-0.25, -0.2) is 4.52 Å². The lowest BCUT2D eigenvalue weighted by Crippen LogP contribution is -2.36. The maximum atomic E-state index is 11.8. The van der Waals surface area contributed by atoms with Crippen LogP contribution in [-0.2, 0) is 4.79 Å². The molecule has 4 heterocycles. The lowest BCUT2D eigenvalue weighted by molar-refractivity contribution is -0.120. The van der Waals surface area contributed by atoms with Crippen molar-refractivity contribution in [2.45, 2.75) is 51.9 Å². The van der Waals surface area contributed by atoms with Gasteiger partial charge < -0.3 is 4.98 Å². The lowest BCUT2D eigenvalue weighted by atomic mass is 9.87.